The van der Waals surface area contributed by atoms with Gasteiger partial charge in [-0.15, -0.1) is 6.42 Å². The smallest absolute Gasteiger partial charge is 0.251 e. The van der Waals surface area contributed by atoms with E-state index in [1.165, 1.54) is 0 Å². The Balaban J connectivity index is 2.54. The van der Waals surface area contributed by atoms with Crippen LogP contribution in [0.4, 0.5) is 0 Å². The molecule has 0 spiro atoms. The van der Waals surface area contributed by atoms with Gasteiger partial charge in [0.1, 0.15) is 12.4 Å². The van der Waals surface area contributed by atoms with E-state index in [4.69, 9.17) is 11.2 Å². The Kier molecular flexibility index (Phi) is 5.60. The van der Waals surface area contributed by atoms with Crippen LogP contribution in [-0.2, 0) is 0 Å². The summed E-state index contributed by atoms with van der Waals surface area (Å²) in [4.78, 5) is 11.9. The van der Waals surface area contributed by atoms with E-state index in [0.717, 1.165) is 0 Å². The van der Waals surface area contributed by atoms with E-state index in [1.807, 2.05) is 20.8 Å². The van der Waals surface area contributed by atoms with E-state index < -0.39 is 6.10 Å². The molecular weight excluding hydrogens is 254 g/mol. The molecule has 4 nitrogen and oxygen atoms in total. The van der Waals surface area contributed by atoms with Crippen LogP contribution in [0.2, 0.25) is 0 Å². The number of ether oxygens (including phenoxy) is 1. The minimum atomic E-state index is -0.593. The van der Waals surface area contributed by atoms with E-state index in [9.17, 15) is 9.90 Å². The lowest BCUT2D eigenvalue weighted by Crippen LogP contribution is -2.39. The molecule has 0 saturated heterocycles. The Hall–Kier alpha value is -1.99. The molecule has 0 heterocycles. The zero-order chi connectivity index (χ0) is 15.2. The van der Waals surface area contributed by atoms with Gasteiger partial charge in [-0.3, -0.25) is 4.79 Å². The molecule has 0 aliphatic rings. The summed E-state index contributed by atoms with van der Waals surface area (Å²) in [6, 6.07) is 6.69. The molecular formula is C16H21NO3. The molecule has 0 aromatic heterocycles. The minimum Gasteiger partial charge on any atom is -0.481 e. The largest absolute Gasteiger partial charge is 0.481 e. The highest BCUT2D eigenvalue weighted by Crippen LogP contribution is 2.18. The summed E-state index contributed by atoms with van der Waals surface area (Å²) in [7, 11) is 0. The standard InChI is InChI=1S/C16H21NO3/c1-5-10-20-13-8-6-12(7-9-13)15(19)17-11-14(18)16(2,3)4/h1,6-9,14,18H,10-11H2,2-4H3,(H,17,19). The molecule has 4 heteroatoms. The molecule has 0 bridgehead atoms. The van der Waals surface area contributed by atoms with Crippen molar-refractivity contribution in [3.8, 4) is 18.1 Å². The summed E-state index contributed by atoms with van der Waals surface area (Å²) in [5, 5.41) is 12.6. The first-order valence-electron chi connectivity index (χ1n) is 6.47. The quantitative estimate of drug-likeness (QED) is 0.806. The van der Waals surface area contributed by atoms with Crippen molar-refractivity contribution in [3.63, 3.8) is 0 Å². The molecule has 2 N–H and O–H groups in total. The number of hydrogen-bond acceptors (Lipinski definition) is 3. The van der Waals surface area contributed by atoms with Gasteiger partial charge in [0.2, 0.25) is 0 Å². The van der Waals surface area contributed by atoms with Gasteiger partial charge < -0.3 is 15.2 Å². The van der Waals surface area contributed by atoms with E-state index in [2.05, 4.69) is 11.2 Å². The molecule has 1 atom stereocenters. The predicted molar refractivity (Wildman–Crippen MR) is 78.6 cm³/mol. The number of carbonyl (C=O) groups excluding carboxylic acids is 1. The second-order valence-corrected chi connectivity index (χ2v) is 5.61. The third kappa shape index (κ3) is 4.94. The molecule has 1 amide bonds. The molecule has 1 aromatic carbocycles. The highest BCUT2D eigenvalue weighted by atomic mass is 16.5. The van der Waals surface area contributed by atoms with Crippen LogP contribution in [-0.4, -0.2) is 30.3 Å². The van der Waals surface area contributed by atoms with Gasteiger partial charge in [0.05, 0.1) is 6.10 Å². The zero-order valence-electron chi connectivity index (χ0n) is 12.1. The van der Waals surface area contributed by atoms with Gasteiger partial charge in [-0.2, -0.15) is 0 Å². The van der Waals surface area contributed by atoms with Crippen LogP contribution in [0.5, 0.6) is 5.75 Å². The van der Waals surface area contributed by atoms with Crippen molar-refractivity contribution < 1.29 is 14.6 Å². The second-order valence-electron chi connectivity index (χ2n) is 5.61. The predicted octanol–water partition coefficient (Wildman–Crippen LogP) is 1.84. The maximum absolute atomic E-state index is 11.9. The van der Waals surface area contributed by atoms with E-state index in [0.29, 0.717) is 11.3 Å². The lowest BCUT2D eigenvalue weighted by Gasteiger charge is -2.25. The number of aliphatic hydroxyl groups is 1. The third-order valence-electron chi connectivity index (χ3n) is 2.89. The molecule has 0 aliphatic heterocycles. The number of benzene rings is 1. The highest BCUT2D eigenvalue weighted by Gasteiger charge is 2.22. The Morgan fingerprint density at radius 2 is 2.00 bits per heavy atom. The first kappa shape index (κ1) is 16.1. The van der Waals surface area contributed by atoms with Crippen LogP contribution in [0.25, 0.3) is 0 Å². The van der Waals surface area contributed by atoms with Crippen LogP contribution in [0.1, 0.15) is 31.1 Å². The average Bonchev–Trinajstić information content (AvgIpc) is 2.41. The van der Waals surface area contributed by atoms with Crippen LogP contribution < -0.4 is 10.1 Å². The van der Waals surface area contributed by atoms with Crippen molar-refractivity contribution in [2.45, 2.75) is 26.9 Å². The Bertz CT molecular complexity index is 480. The maximum atomic E-state index is 11.9. The summed E-state index contributed by atoms with van der Waals surface area (Å²) >= 11 is 0. The molecule has 0 saturated carbocycles. The van der Waals surface area contributed by atoms with Crippen LogP contribution in [0.15, 0.2) is 24.3 Å². The van der Waals surface area contributed by atoms with Crippen molar-refractivity contribution in [2.75, 3.05) is 13.2 Å². The molecule has 0 radical (unpaired) electrons. The maximum Gasteiger partial charge on any atom is 0.251 e. The number of aliphatic hydroxyl groups excluding tert-OH is 1. The number of rotatable bonds is 5. The Morgan fingerprint density at radius 1 is 1.40 bits per heavy atom. The van der Waals surface area contributed by atoms with Gasteiger partial charge in [-0.05, 0) is 29.7 Å². The molecule has 1 aromatic rings. The van der Waals surface area contributed by atoms with Gasteiger partial charge in [0.25, 0.3) is 5.91 Å². The summed E-state index contributed by atoms with van der Waals surface area (Å²) < 4.78 is 5.22. The monoisotopic (exact) mass is 275 g/mol. The molecule has 108 valence electrons. The first-order valence-corrected chi connectivity index (χ1v) is 6.47. The van der Waals surface area contributed by atoms with E-state index in [1.54, 1.807) is 24.3 Å². The van der Waals surface area contributed by atoms with Gasteiger partial charge in [-0.25, -0.2) is 0 Å². The van der Waals surface area contributed by atoms with Crippen molar-refractivity contribution in [3.05, 3.63) is 29.8 Å². The third-order valence-corrected chi connectivity index (χ3v) is 2.89. The SMILES string of the molecule is C#CCOc1ccc(C(=O)NCC(O)C(C)(C)C)cc1. The second kappa shape index (κ2) is 6.97. The number of carbonyl (C=O) groups is 1. The Labute approximate surface area is 120 Å². The number of hydrogen-bond donors (Lipinski definition) is 2. The molecule has 0 fully saturated rings. The number of amides is 1. The topological polar surface area (TPSA) is 58.6 Å². The fraction of sp³-hybridized carbons (Fsp3) is 0.438. The molecule has 1 rings (SSSR count). The van der Waals surface area contributed by atoms with Gasteiger partial charge in [0, 0.05) is 12.1 Å². The van der Waals surface area contributed by atoms with Crippen molar-refractivity contribution in [1.82, 2.24) is 5.32 Å². The summed E-state index contributed by atoms with van der Waals surface area (Å²) in [6.45, 7) is 6.17. The number of terminal acetylenes is 1. The fourth-order valence-corrected chi connectivity index (χ4v) is 1.43. The van der Waals surface area contributed by atoms with E-state index in [-0.39, 0.29) is 24.5 Å². The van der Waals surface area contributed by atoms with E-state index >= 15 is 0 Å². The zero-order valence-corrected chi connectivity index (χ0v) is 12.1. The average molecular weight is 275 g/mol. The van der Waals surface area contributed by atoms with Gasteiger partial charge >= 0.3 is 0 Å². The Morgan fingerprint density at radius 3 is 2.50 bits per heavy atom. The van der Waals surface area contributed by atoms with Crippen molar-refractivity contribution >= 4 is 5.91 Å². The van der Waals surface area contributed by atoms with Crippen LogP contribution in [0.3, 0.4) is 0 Å². The highest BCUT2D eigenvalue weighted by molar-refractivity contribution is 5.94. The van der Waals surface area contributed by atoms with Crippen LogP contribution in [0, 0.1) is 17.8 Å². The lowest BCUT2D eigenvalue weighted by atomic mass is 9.89. The molecule has 0 aliphatic carbocycles. The molecule has 20 heavy (non-hydrogen) atoms. The normalized spacial score (nSPS) is 12.3. The van der Waals surface area contributed by atoms with Crippen molar-refractivity contribution in [2.24, 2.45) is 5.41 Å². The van der Waals surface area contributed by atoms with Gasteiger partial charge in [-0.1, -0.05) is 26.7 Å². The van der Waals surface area contributed by atoms with Crippen molar-refractivity contribution in [1.29, 1.82) is 0 Å². The first-order chi connectivity index (χ1) is 9.34. The summed E-state index contributed by atoms with van der Waals surface area (Å²) in [5.74, 6) is 2.77. The molecule has 1 unspecified atom stereocenters. The lowest BCUT2D eigenvalue weighted by molar-refractivity contribution is 0.0587. The number of nitrogens with one attached hydrogen (secondary N) is 1. The minimum absolute atomic E-state index is 0.198. The summed E-state index contributed by atoms with van der Waals surface area (Å²) in [5.41, 5.74) is 0.249. The summed E-state index contributed by atoms with van der Waals surface area (Å²) in [6.07, 6.45) is 4.50. The van der Waals surface area contributed by atoms with Gasteiger partial charge in [0.15, 0.2) is 0 Å². The fourth-order valence-electron chi connectivity index (χ4n) is 1.43. The van der Waals surface area contributed by atoms with Crippen LogP contribution >= 0.6 is 0 Å².